The number of hydrogen-bond acceptors (Lipinski definition) is 6. The molecule has 3 N–H and O–H groups in total. The second-order valence-electron chi connectivity index (χ2n) is 9.25. The van der Waals surface area contributed by atoms with Gasteiger partial charge < -0.3 is 16.0 Å². The molecule has 12 heteroatoms. The van der Waals surface area contributed by atoms with Crippen LogP contribution in [-0.4, -0.2) is 43.8 Å². The van der Waals surface area contributed by atoms with Crippen LogP contribution >= 0.6 is 0 Å². The van der Waals surface area contributed by atoms with E-state index < -0.39 is 17.6 Å². The first-order valence-electron chi connectivity index (χ1n) is 11.4. The van der Waals surface area contributed by atoms with Crippen LogP contribution in [0.15, 0.2) is 36.7 Å². The van der Waals surface area contributed by atoms with E-state index in [2.05, 4.69) is 20.4 Å². The van der Waals surface area contributed by atoms with Gasteiger partial charge in [-0.15, -0.1) is 0 Å². The second kappa shape index (κ2) is 8.51. The summed E-state index contributed by atoms with van der Waals surface area (Å²) in [5.74, 6) is -0.572. The molecule has 2 aliphatic heterocycles. The molecule has 2 unspecified atom stereocenters. The number of carbonyl (C=O) groups is 1. The van der Waals surface area contributed by atoms with Crippen LogP contribution in [0.5, 0.6) is 0 Å². The number of nitrogen functional groups attached to an aromatic ring is 1. The van der Waals surface area contributed by atoms with E-state index in [-0.39, 0.29) is 28.7 Å². The van der Waals surface area contributed by atoms with Crippen LogP contribution in [0.2, 0.25) is 0 Å². The van der Waals surface area contributed by atoms with Gasteiger partial charge in [-0.3, -0.25) is 4.68 Å². The summed E-state index contributed by atoms with van der Waals surface area (Å²) in [5.41, 5.74) is 6.72. The average molecular weight is 496 g/mol. The Kier molecular flexibility index (Phi) is 5.58. The topological polar surface area (TPSA) is 126 Å². The summed E-state index contributed by atoms with van der Waals surface area (Å²) < 4.78 is 41.7. The van der Waals surface area contributed by atoms with Crippen LogP contribution in [0.1, 0.15) is 48.3 Å². The smallest absolute Gasteiger partial charge is 0.383 e. The minimum absolute atomic E-state index is 0.217. The molecule has 2 atom stereocenters. The van der Waals surface area contributed by atoms with E-state index in [4.69, 9.17) is 11.0 Å². The number of halogens is 3. The second-order valence-corrected chi connectivity index (χ2v) is 9.25. The summed E-state index contributed by atoms with van der Waals surface area (Å²) in [4.78, 5) is 22.4. The lowest BCUT2D eigenvalue weighted by Crippen LogP contribution is -2.41. The lowest BCUT2D eigenvalue weighted by atomic mass is 9.82. The first-order chi connectivity index (χ1) is 17.1. The Hall–Kier alpha value is -4.14. The summed E-state index contributed by atoms with van der Waals surface area (Å²) in [6.45, 7) is 3.47. The van der Waals surface area contributed by atoms with Crippen LogP contribution in [0.4, 0.5) is 23.8 Å². The molecule has 0 aromatic carbocycles. The van der Waals surface area contributed by atoms with Gasteiger partial charge in [-0.1, -0.05) is 0 Å². The number of likely N-dealkylation sites (tertiary alicyclic amines) is 1. The number of hydrogen-bond donors (Lipinski definition) is 2. The third-order valence-corrected chi connectivity index (χ3v) is 7.02. The number of carbonyl (C=O) groups excluding carboxylic acids is 1. The van der Waals surface area contributed by atoms with Crippen LogP contribution in [0, 0.1) is 11.3 Å². The number of pyridine rings is 2. The first kappa shape index (κ1) is 23.6. The Morgan fingerprint density at radius 1 is 1.25 bits per heavy atom. The number of aromatic nitrogens is 4. The van der Waals surface area contributed by atoms with Crippen LogP contribution in [0.3, 0.4) is 0 Å². The van der Waals surface area contributed by atoms with E-state index in [0.29, 0.717) is 25.3 Å². The molecule has 0 radical (unpaired) electrons. The number of nitrogens with two attached hydrogens (primary N) is 1. The standard InChI is InChI=1S/C24H23F3N8O/c1-14(15-2-5-30-17(8-15)11-28)32-22(36)34-6-3-23(13-34)4-7-35-20(23)10-19(33-35)16-9-18(24(25,26)27)21(29)31-12-16/h2,5,8-10,12,14H,3-4,6-7,13H2,1H3,(H2,29,31)(H,32,36). The summed E-state index contributed by atoms with van der Waals surface area (Å²) in [6.07, 6.45) is -0.269. The predicted molar refractivity (Wildman–Crippen MR) is 123 cm³/mol. The van der Waals surface area contributed by atoms with Gasteiger partial charge >= 0.3 is 12.2 Å². The monoisotopic (exact) mass is 496 g/mol. The van der Waals surface area contributed by atoms with Gasteiger partial charge in [0.25, 0.3) is 0 Å². The Labute approximate surface area is 204 Å². The Balaban J connectivity index is 1.33. The molecule has 3 aromatic heterocycles. The van der Waals surface area contributed by atoms with Crippen molar-refractivity contribution in [3.63, 3.8) is 0 Å². The van der Waals surface area contributed by atoms with Gasteiger partial charge in [0.05, 0.1) is 17.3 Å². The van der Waals surface area contributed by atoms with Crippen LogP contribution in [0.25, 0.3) is 11.3 Å². The molecule has 5 rings (SSSR count). The minimum Gasteiger partial charge on any atom is -0.383 e. The van der Waals surface area contributed by atoms with E-state index >= 15 is 0 Å². The number of nitriles is 1. The molecule has 186 valence electrons. The molecule has 0 bridgehead atoms. The van der Waals surface area contributed by atoms with Gasteiger partial charge in [0, 0.05) is 48.7 Å². The van der Waals surface area contributed by atoms with Crippen molar-refractivity contribution in [2.24, 2.45) is 0 Å². The zero-order chi connectivity index (χ0) is 25.7. The van der Waals surface area contributed by atoms with Crippen molar-refractivity contribution < 1.29 is 18.0 Å². The largest absolute Gasteiger partial charge is 0.419 e. The summed E-state index contributed by atoms with van der Waals surface area (Å²) in [6, 6.07) is 7.63. The van der Waals surface area contributed by atoms with Crippen molar-refractivity contribution >= 4 is 11.8 Å². The maximum atomic E-state index is 13.3. The van der Waals surface area contributed by atoms with Crippen molar-refractivity contribution in [1.82, 2.24) is 30.0 Å². The van der Waals surface area contributed by atoms with Crippen molar-refractivity contribution in [3.05, 3.63) is 59.2 Å². The average Bonchev–Trinajstić information content (AvgIpc) is 3.55. The number of aryl methyl sites for hydroxylation is 1. The number of nitrogens with zero attached hydrogens (tertiary/aromatic N) is 6. The zero-order valence-corrected chi connectivity index (χ0v) is 19.4. The maximum absolute atomic E-state index is 13.3. The number of fused-ring (bicyclic) bond motifs is 2. The molecule has 1 spiro atoms. The normalized spacial score (nSPS) is 19.8. The number of rotatable bonds is 3. The van der Waals surface area contributed by atoms with Crippen molar-refractivity contribution in [1.29, 1.82) is 5.26 Å². The lowest BCUT2D eigenvalue weighted by molar-refractivity contribution is -0.137. The highest BCUT2D eigenvalue weighted by Crippen LogP contribution is 2.44. The molecule has 36 heavy (non-hydrogen) atoms. The number of alkyl halides is 3. The Bertz CT molecular complexity index is 1380. The SMILES string of the molecule is CC(NC(=O)N1CCC2(CCn3nc(-c4cnc(N)c(C(F)(F)F)c4)cc32)C1)c1ccnc(C#N)c1. The van der Waals surface area contributed by atoms with Gasteiger partial charge in [0.1, 0.15) is 17.6 Å². The van der Waals surface area contributed by atoms with Gasteiger partial charge in [-0.25, -0.2) is 14.8 Å². The van der Waals surface area contributed by atoms with E-state index in [1.165, 1.54) is 12.4 Å². The first-order valence-corrected chi connectivity index (χ1v) is 11.4. The van der Waals surface area contributed by atoms with Crippen LogP contribution < -0.4 is 11.1 Å². The number of urea groups is 1. The molecular weight excluding hydrogens is 473 g/mol. The maximum Gasteiger partial charge on any atom is 0.419 e. The quantitative estimate of drug-likeness (QED) is 0.570. The lowest BCUT2D eigenvalue weighted by Gasteiger charge is -2.25. The fourth-order valence-electron chi connectivity index (χ4n) is 5.04. The molecule has 1 saturated heterocycles. The van der Waals surface area contributed by atoms with Gasteiger partial charge in [0.15, 0.2) is 0 Å². The molecule has 9 nitrogen and oxygen atoms in total. The van der Waals surface area contributed by atoms with Crippen molar-refractivity contribution in [3.8, 4) is 17.3 Å². The van der Waals surface area contributed by atoms with Crippen LogP contribution in [-0.2, 0) is 18.1 Å². The highest BCUT2D eigenvalue weighted by molar-refractivity contribution is 5.75. The van der Waals surface area contributed by atoms with E-state index in [1.807, 2.05) is 17.7 Å². The van der Waals surface area contributed by atoms with E-state index in [0.717, 1.165) is 30.2 Å². The molecule has 2 amide bonds. The summed E-state index contributed by atoms with van der Waals surface area (Å²) in [5, 5.41) is 16.6. The van der Waals surface area contributed by atoms with Gasteiger partial charge in [-0.05, 0) is 49.6 Å². The fourth-order valence-corrected chi connectivity index (χ4v) is 5.04. The molecule has 2 aliphatic rings. The number of amides is 2. The molecular formula is C24H23F3N8O. The molecule has 0 saturated carbocycles. The van der Waals surface area contributed by atoms with Crippen molar-refractivity contribution in [2.45, 2.75) is 43.9 Å². The van der Waals surface area contributed by atoms with Gasteiger partial charge in [0.2, 0.25) is 0 Å². The molecule has 3 aromatic rings. The number of anilines is 1. The third-order valence-electron chi connectivity index (χ3n) is 7.02. The molecule has 1 fully saturated rings. The highest BCUT2D eigenvalue weighted by atomic mass is 19.4. The van der Waals surface area contributed by atoms with Gasteiger partial charge in [-0.2, -0.15) is 23.5 Å². The predicted octanol–water partition coefficient (Wildman–Crippen LogP) is 3.63. The van der Waals surface area contributed by atoms with Crippen molar-refractivity contribution in [2.75, 3.05) is 18.8 Å². The minimum atomic E-state index is -4.61. The summed E-state index contributed by atoms with van der Waals surface area (Å²) >= 11 is 0. The Morgan fingerprint density at radius 2 is 2.03 bits per heavy atom. The van der Waals surface area contributed by atoms with E-state index in [9.17, 15) is 18.0 Å². The van der Waals surface area contributed by atoms with E-state index in [1.54, 1.807) is 23.1 Å². The molecule has 0 aliphatic carbocycles. The Morgan fingerprint density at radius 3 is 2.78 bits per heavy atom. The zero-order valence-electron chi connectivity index (χ0n) is 19.4. The summed E-state index contributed by atoms with van der Waals surface area (Å²) in [7, 11) is 0. The fraction of sp³-hybridized carbons (Fsp3) is 0.375. The number of nitrogens with one attached hydrogen (secondary N) is 1. The molecule has 5 heterocycles. The highest BCUT2D eigenvalue weighted by Gasteiger charge is 2.47. The third kappa shape index (κ3) is 4.10.